The Balaban J connectivity index is 0.000000720. The average molecular weight is 291 g/mol. The number of benzene rings is 1. The molecule has 1 aromatic carbocycles. The van der Waals surface area contributed by atoms with E-state index in [1.165, 1.54) is 16.7 Å². The maximum absolute atomic E-state index is 2.30. The van der Waals surface area contributed by atoms with Crippen LogP contribution in [-0.2, 0) is 24.7 Å². The monoisotopic (exact) mass is 289 g/mol. The van der Waals surface area contributed by atoms with E-state index in [1.54, 1.807) is 24.7 Å². The standard InChI is InChI=1S/C10H9.2ClH.Zr/c1-8-4-2-5-9-6-3-7-10(8)9;;;/h2-7H,1H3;2*1H;/q;;;+2/p-2. The van der Waals surface area contributed by atoms with Crippen molar-refractivity contribution >= 4 is 6.08 Å². The van der Waals surface area contributed by atoms with Crippen molar-refractivity contribution in [2.24, 2.45) is 0 Å². The van der Waals surface area contributed by atoms with Crippen molar-refractivity contribution in [3.63, 3.8) is 0 Å². The molecule has 0 saturated carbocycles. The Bertz CT molecular complexity index is 321. The van der Waals surface area contributed by atoms with Gasteiger partial charge >= 0.3 is 82.3 Å². The molecule has 1 aromatic rings. The van der Waals surface area contributed by atoms with Crippen LogP contribution in [0.15, 0.2) is 24.3 Å². The van der Waals surface area contributed by atoms with E-state index in [1.807, 2.05) is 0 Å². The fourth-order valence-electron chi connectivity index (χ4n) is 1.50. The molecule has 0 radical (unpaired) electrons. The topological polar surface area (TPSA) is 0 Å². The maximum atomic E-state index is 2.30. The van der Waals surface area contributed by atoms with Gasteiger partial charge in [-0.15, -0.1) is 0 Å². The minimum Gasteiger partial charge on any atom is -1.00 e. The molecule has 1 atom stereocenters. The summed E-state index contributed by atoms with van der Waals surface area (Å²) in [5, 5.41) is 0. The van der Waals surface area contributed by atoms with Gasteiger partial charge in [-0.3, -0.25) is 0 Å². The predicted octanol–water partition coefficient (Wildman–Crippen LogP) is -3.38. The van der Waals surface area contributed by atoms with Gasteiger partial charge in [0, 0.05) is 0 Å². The van der Waals surface area contributed by atoms with Gasteiger partial charge in [-0.05, 0) is 0 Å². The van der Waals surface area contributed by atoms with Crippen molar-refractivity contribution in [2.45, 2.75) is 10.5 Å². The molecule has 0 spiro atoms. The van der Waals surface area contributed by atoms with Gasteiger partial charge in [0.15, 0.2) is 0 Å². The number of aryl methyl sites for hydroxylation is 1. The molecule has 0 N–H and O–H groups in total. The van der Waals surface area contributed by atoms with E-state index in [-0.39, 0.29) is 24.8 Å². The molecule has 0 bridgehead atoms. The predicted molar refractivity (Wildman–Crippen MR) is 43.0 cm³/mol. The Kier molecular flexibility index (Phi) is 5.51. The second kappa shape index (κ2) is 5.34. The van der Waals surface area contributed by atoms with Crippen LogP contribution in [0, 0.1) is 6.92 Å². The van der Waals surface area contributed by atoms with E-state index in [0.29, 0.717) is 3.63 Å². The van der Waals surface area contributed by atoms with Crippen LogP contribution in [0.5, 0.6) is 0 Å². The summed E-state index contributed by atoms with van der Waals surface area (Å²) in [6, 6.07) is 6.57. The minimum absolute atomic E-state index is 0. The van der Waals surface area contributed by atoms with Crippen molar-refractivity contribution in [1.82, 2.24) is 0 Å². The summed E-state index contributed by atoms with van der Waals surface area (Å²) >= 11 is 1.59. The van der Waals surface area contributed by atoms with Gasteiger partial charge < -0.3 is 24.8 Å². The summed E-state index contributed by atoms with van der Waals surface area (Å²) < 4.78 is 0.706. The Morgan fingerprint density at radius 2 is 1.92 bits per heavy atom. The van der Waals surface area contributed by atoms with Crippen molar-refractivity contribution in [1.29, 1.82) is 0 Å². The molecule has 0 saturated heterocycles. The van der Waals surface area contributed by atoms with Gasteiger partial charge in [0.25, 0.3) is 0 Å². The summed E-state index contributed by atoms with van der Waals surface area (Å²) in [6.07, 6.45) is 4.56. The van der Waals surface area contributed by atoms with E-state index < -0.39 is 0 Å². The third-order valence-electron chi connectivity index (χ3n) is 2.15. The smallest absolute Gasteiger partial charge is 1.00 e. The average Bonchev–Trinajstić information content (AvgIpc) is 2.35. The molecule has 1 unspecified atom stereocenters. The van der Waals surface area contributed by atoms with Gasteiger partial charge in [0.2, 0.25) is 0 Å². The molecular weight excluding hydrogens is 282 g/mol. The van der Waals surface area contributed by atoms with Crippen molar-refractivity contribution in [3.05, 3.63) is 41.0 Å². The molecule has 67 valence electrons. The first-order chi connectivity index (χ1) is 5.29. The molecule has 0 aliphatic heterocycles. The zero-order valence-corrected chi connectivity index (χ0v) is 11.2. The number of hydrogen-bond donors (Lipinski definition) is 0. The van der Waals surface area contributed by atoms with Crippen LogP contribution in [0.2, 0.25) is 0 Å². The van der Waals surface area contributed by atoms with Crippen LogP contribution in [0.1, 0.15) is 20.3 Å². The molecule has 2 rings (SSSR count). The van der Waals surface area contributed by atoms with Crippen LogP contribution in [0.4, 0.5) is 0 Å². The van der Waals surface area contributed by atoms with E-state index in [9.17, 15) is 0 Å². The van der Waals surface area contributed by atoms with E-state index in [4.69, 9.17) is 0 Å². The van der Waals surface area contributed by atoms with E-state index in [0.717, 1.165) is 0 Å². The Morgan fingerprint density at radius 3 is 2.54 bits per heavy atom. The Morgan fingerprint density at radius 1 is 1.23 bits per heavy atom. The number of hydrogen-bond acceptors (Lipinski definition) is 0. The fraction of sp³-hybridized carbons (Fsp3) is 0.200. The van der Waals surface area contributed by atoms with Crippen LogP contribution in [0.3, 0.4) is 0 Å². The summed E-state index contributed by atoms with van der Waals surface area (Å²) in [5.41, 5.74) is 4.38. The minimum atomic E-state index is 0. The first-order valence-corrected chi connectivity index (χ1v) is 5.20. The van der Waals surface area contributed by atoms with Crippen LogP contribution >= 0.6 is 0 Å². The normalized spacial score (nSPS) is 17.3. The molecule has 0 fully saturated rings. The van der Waals surface area contributed by atoms with Crippen LogP contribution in [-0.4, -0.2) is 0 Å². The van der Waals surface area contributed by atoms with E-state index in [2.05, 4.69) is 37.3 Å². The van der Waals surface area contributed by atoms with Gasteiger partial charge in [0.1, 0.15) is 0 Å². The van der Waals surface area contributed by atoms with Crippen LogP contribution < -0.4 is 24.8 Å². The molecule has 1 aliphatic carbocycles. The molecule has 3 heteroatoms. The second-order valence-corrected chi connectivity index (χ2v) is 4.44. The van der Waals surface area contributed by atoms with Gasteiger partial charge in [0.05, 0.1) is 0 Å². The van der Waals surface area contributed by atoms with E-state index >= 15 is 0 Å². The quantitative estimate of drug-likeness (QED) is 0.468. The number of allylic oxidation sites excluding steroid dienone is 1. The first kappa shape index (κ1) is 13.4. The SMILES string of the molecule is Cc1cccc2c1C=C[CH]2[Zr+2].[Cl-].[Cl-]. The molecule has 0 amide bonds. The summed E-state index contributed by atoms with van der Waals surface area (Å²) in [7, 11) is 0. The third kappa shape index (κ3) is 2.46. The van der Waals surface area contributed by atoms with Crippen molar-refractivity contribution in [3.8, 4) is 0 Å². The van der Waals surface area contributed by atoms with Crippen LogP contribution in [0.25, 0.3) is 6.08 Å². The molecule has 1 aliphatic rings. The van der Waals surface area contributed by atoms with Gasteiger partial charge in [-0.25, -0.2) is 0 Å². The number of rotatable bonds is 0. The zero-order chi connectivity index (χ0) is 7.84. The maximum Gasteiger partial charge on any atom is -1.00 e. The fourth-order valence-corrected chi connectivity index (χ4v) is 2.35. The number of fused-ring (bicyclic) bond motifs is 1. The summed E-state index contributed by atoms with van der Waals surface area (Å²) in [6.45, 7) is 2.18. The summed E-state index contributed by atoms with van der Waals surface area (Å²) in [4.78, 5) is 0. The van der Waals surface area contributed by atoms with Crippen molar-refractivity contribution < 1.29 is 49.5 Å². The van der Waals surface area contributed by atoms with Gasteiger partial charge in [-0.2, -0.15) is 0 Å². The third-order valence-corrected chi connectivity index (χ3v) is 3.39. The zero-order valence-electron chi connectivity index (χ0n) is 7.22. The first-order valence-electron chi connectivity index (χ1n) is 3.78. The molecule has 0 heterocycles. The van der Waals surface area contributed by atoms with Gasteiger partial charge in [-0.1, -0.05) is 0 Å². The molecule has 13 heavy (non-hydrogen) atoms. The molecule has 0 aromatic heterocycles. The molecule has 0 nitrogen and oxygen atoms in total. The Hall–Kier alpha value is 0.423. The largest absolute Gasteiger partial charge is 1.00 e. The summed E-state index contributed by atoms with van der Waals surface area (Å²) in [5.74, 6) is 0. The number of halogens is 2. The second-order valence-electron chi connectivity index (χ2n) is 2.91. The van der Waals surface area contributed by atoms with Crippen molar-refractivity contribution in [2.75, 3.05) is 0 Å². The Labute approximate surface area is 106 Å². The molecular formula is C10H9Cl2Zr.